The van der Waals surface area contributed by atoms with E-state index in [1.165, 1.54) is 48.2 Å². The van der Waals surface area contributed by atoms with Crippen molar-refractivity contribution >= 4 is 0 Å². The molecule has 2 aromatic carbocycles. The van der Waals surface area contributed by atoms with Crippen LogP contribution in [0.1, 0.15) is 24.0 Å². The summed E-state index contributed by atoms with van der Waals surface area (Å²) in [6.45, 7) is 4.62. The Balaban J connectivity index is 1.71. The Morgan fingerprint density at radius 1 is 0.773 bits per heavy atom. The normalized spacial score (nSPS) is 20.2. The number of benzene rings is 2. The van der Waals surface area contributed by atoms with Crippen molar-refractivity contribution in [3.8, 4) is 11.1 Å². The highest BCUT2D eigenvalue weighted by molar-refractivity contribution is 5.71. The maximum absolute atomic E-state index is 2.71. The molecule has 0 radical (unpaired) electrons. The molecule has 0 amide bonds. The first-order chi connectivity index (χ1) is 10.8. The average Bonchev–Trinajstić information content (AvgIpc) is 2.72. The molecule has 1 fully saturated rings. The summed E-state index contributed by atoms with van der Waals surface area (Å²) in [5.74, 6) is 0. The number of fused-ring (bicyclic) bond motifs is 3. The van der Waals surface area contributed by atoms with E-state index in [9.17, 15) is 0 Å². The lowest BCUT2D eigenvalue weighted by atomic mass is 9.97. The first-order valence-corrected chi connectivity index (χ1v) is 8.40. The summed E-state index contributed by atoms with van der Waals surface area (Å²) in [6, 6.07) is 18.6. The summed E-state index contributed by atoms with van der Waals surface area (Å²) in [6.07, 6.45) is 2.58. The molecule has 2 aliphatic heterocycles. The molecule has 2 aliphatic rings. The van der Waals surface area contributed by atoms with E-state index in [1.807, 2.05) is 0 Å². The molecule has 2 nitrogen and oxygen atoms in total. The summed E-state index contributed by atoms with van der Waals surface area (Å²) < 4.78 is 0. The SMILES string of the molecule is CN1CCC(N2Cc3ccccc3-c3ccccc3C2)CC1. The quantitative estimate of drug-likeness (QED) is 0.789. The van der Waals surface area contributed by atoms with Gasteiger partial charge in [0, 0.05) is 19.1 Å². The topological polar surface area (TPSA) is 6.48 Å². The summed E-state index contributed by atoms with van der Waals surface area (Å²) in [5, 5.41) is 0. The van der Waals surface area contributed by atoms with E-state index in [-0.39, 0.29) is 0 Å². The summed E-state index contributed by atoms with van der Waals surface area (Å²) in [7, 11) is 2.24. The van der Waals surface area contributed by atoms with Crippen LogP contribution < -0.4 is 0 Å². The van der Waals surface area contributed by atoms with Gasteiger partial charge in [-0.2, -0.15) is 0 Å². The monoisotopic (exact) mass is 292 g/mol. The van der Waals surface area contributed by atoms with Crippen molar-refractivity contribution in [1.82, 2.24) is 9.80 Å². The predicted molar refractivity (Wildman–Crippen MR) is 91.6 cm³/mol. The number of nitrogens with zero attached hydrogens (tertiary/aromatic N) is 2. The van der Waals surface area contributed by atoms with Gasteiger partial charge in [0.15, 0.2) is 0 Å². The van der Waals surface area contributed by atoms with E-state index in [0.29, 0.717) is 0 Å². The third-order valence-electron chi connectivity index (χ3n) is 5.28. The Kier molecular flexibility index (Phi) is 3.73. The van der Waals surface area contributed by atoms with E-state index in [2.05, 4.69) is 65.4 Å². The van der Waals surface area contributed by atoms with E-state index < -0.39 is 0 Å². The van der Waals surface area contributed by atoms with Crippen molar-refractivity contribution in [2.24, 2.45) is 0 Å². The molecular formula is C20H24N2. The van der Waals surface area contributed by atoms with Crippen LogP contribution in [0, 0.1) is 0 Å². The molecule has 4 rings (SSSR count). The van der Waals surface area contributed by atoms with E-state index in [0.717, 1.165) is 19.1 Å². The van der Waals surface area contributed by atoms with Gasteiger partial charge in [-0.3, -0.25) is 4.90 Å². The number of piperidine rings is 1. The van der Waals surface area contributed by atoms with Gasteiger partial charge >= 0.3 is 0 Å². The molecule has 1 saturated heterocycles. The van der Waals surface area contributed by atoms with Gasteiger partial charge in [0.2, 0.25) is 0 Å². The lowest BCUT2D eigenvalue weighted by Crippen LogP contribution is -2.42. The van der Waals surface area contributed by atoms with Gasteiger partial charge in [0.25, 0.3) is 0 Å². The van der Waals surface area contributed by atoms with Crippen LogP contribution in [0.25, 0.3) is 11.1 Å². The molecule has 22 heavy (non-hydrogen) atoms. The minimum Gasteiger partial charge on any atom is -0.306 e. The van der Waals surface area contributed by atoms with E-state index in [4.69, 9.17) is 0 Å². The van der Waals surface area contributed by atoms with E-state index >= 15 is 0 Å². The Hall–Kier alpha value is -1.64. The van der Waals surface area contributed by atoms with Crippen molar-refractivity contribution < 1.29 is 0 Å². The maximum atomic E-state index is 2.71. The number of hydrogen-bond acceptors (Lipinski definition) is 2. The van der Waals surface area contributed by atoms with Gasteiger partial charge < -0.3 is 4.90 Å². The highest BCUT2D eigenvalue weighted by Crippen LogP contribution is 2.34. The fourth-order valence-corrected chi connectivity index (χ4v) is 3.95. The van der Waals surface area contributed by atoms with Crippen LogP contribution in [0.4, 0.5) is 0 Å². The van der Waals surface area contributed by atoms with Crippen molar-refractivity contribution in [2.45, 2.75) is 32.0 Å². The zero-order valence-electron chi connectivity index (χ0n) is 13.3. The second-order valence-electron chi connectivity index (χ2n) is 6.75. The third-order valence-corrected chi connectivity index (χ3v) is 5.28. The van der Waals surface area contributed by atoms with Gasteiger partial charge in [0.1, 0.15) is 0 Å². The largest absolute Gasteiger partial charge is 0.306 e. The lowest BCUT2D eigenvalue weighted by Gasteiger charge is -2.37. The summed E-state index contributed by atoms with van der Waals surface area (Å²) in [4.78, 5) is 5.16. The average molecular weight is 292 g/mol. The number of likely N-dealkylation sites (tertiary alicyclic amines) is 1. The number of rotatable bonds is 1. The Morgan fingerprint density at radius 3 is 1.82 bits per heavy atom. The van der Waals surface area contributed by atoms with Crippen molar-refractivity contribution in [3.05, 3.63) is 59.7 Å². The minimum atomic E-state index is 0.718. The molecule has 114 valence electrons. The van der Waals surface area contributed by atoms with Crippen LogP contribution in [0.2, 0.25) is 0 Å². The Bertz CT molecular complexity index is 609. The van der Waals surface area contributed by atoms with Crippen LogP contribution in [0.15, 0.2) is 48.5 Å². The highest BCUT2D eigenvalue weighted by atomic mass is 15.2. The van der Waals surface area contributed by atoms with Gasteiger partial charge in [-0.1, -0.05) is 48.5 Å². The lowest BCUT2D eigenvalue weighted by molar-refractivity contribution is 0.109. The van der Waals surface area contributed by atoms with Crippen molar-refractivity contribution in [2.75, 3.05) is 20.1 Å². The van der Waals surface area contributed by atoms with Gasteiger partial charge in [-0.15, -0.1) is 0 Å². The third kappa shape index (κ3) is 2.57. The van der Waals surface area contributed by atoms with Crippen LogP contribution in [0.5, 0.6) is 0 Å². The molecule has 2 aromatic rings. The molecule has 0 unspecified atom stereocenters. The molecule has 2 heterocycles. The summed E-state index contributed by atoms with van der Waals surface area (Å²) >= 11 is 0. The fraction of sp³-hybridized carbons (Fsp3) is 0.400. The molecule has 0 aromatic heterocycles. The predicted octanol–water partition coefficient (Wildman–Crippen LogP) is 3.76. The molecule has 2 heteroatoms. The minimum absolute atomic E-state index is 0.718. The standard InChI is InChI=1S/C20H24N2/c1-21-12-10-18(11-13-21)22-14-16-6-2-4-8-19(16)20-9-5-3-7-17(20)15-22/h2-9,18H,10-15H2,1H3. The molecule has 0 atom stereocenters. The van der Waals surface area contributed by atoms with Crippen LogP contribution in [-0.2, 0) is 13.1 Å². The molecule has 0 N–H and O–H groups in total. The molecular weight excluding hydrogens is 268 g/mol. The molecule has 0 spiro atoms. The highest BCUT2D eigenvalue weighted by Gasteiger charge is 2.26. The first kappa shape index (κ1) is 14.0. The molecule has 0 bridgehead atoms. The molecule has 0 saturated carbocycles. The fourth-order valence-electron chi connectivity index (χ4n) is 3.95. The van der Waals surface area contributed by atoms with Crippen molar-refractivity contribution in [1.29, 1.82) is 0 Å². The smallest absolute Gasteiger partial charge is 0.0246 e. The summed E-state index contributed by atoms with van der Waals surface area (Å²) in [5.41, 5.74) is 5.81. The first-order valence-electron chi connectivity index (χ1n) is 8.40. The number of hydrogen-bond donors (Lipinski definition) is 0. The van der Waals surface area contributed by atoms with Gasteiger partial charge in [-0.25, -0.2) is 0 Å². The van der Waals surface area contributed by atoms with Crippen LogP contribution >= 0.6 is 0 Å². The Morgan fingerprint density at radius 2 is 1.27 bits per heavy atom. The van der Waals surface area contributed by atoms with Gasteiger partial charge in [0.05, 0.1) is 0 Å². The second-order valence-corrected chi connectivity index (χ2v) is 6.75. The maximum Gasteiger partial charge on any atom is 0.0246 e. The zero-order valence-corrected chi connectivity index (χ0v) is 13.3. The van der Waals surface area contributed by atoms with Crippen molar-refractivity contribution in [3.63, 3.8) is 0 Å². The second kappa shape index (κ2) is 5.86. The molecule has 0 aliphatic carbocycles. The van der Waals surface area contributed by atoms with Crippen LogP contribution in [-0.4, -0.2) is 36.0 Å². The van der Waals surface area contributed by atoms with Gasteiger partial charge in [-0.05, 0) is 55.2 Å². The zero-order chi connectivity index (χ0) is 14.9. The van der Waals surface area contributed by atoms with Crippen LogP contribution in [0.3, 0.4) is 0 Å². The van der Waals surface area contributed by atoms with E-state index in [1.54, 1.807) is 0 Å². The Labute approximate surface area is 133 Å².